The second-order valence-corrected chi connectivity index (χ2v) is 11.9. The smallest absolute Gasteiger partial charge is 0.295 e. The summed E-state index contributed by atoms with van der Waals surface area (Å²) in [6, 6.07) is 23.3. The van der Waals surface area contributed by atoms with Crippen molar-refractivity contribution < 1.29 is 9.53 Å². The summed E-state index contributed by atoms with van der Waals surface area (Å²) in [7, 11) is 1.74. The Kier molecular flexibility index (Phi) is 8.29. The average molecular weight is 566 g/mol. The summed E-state index contributed by atoms with van der Waals surface area (Å²) in [4.78, 5) is 31.7. The summed E-state index contributed by atoms with van der Waals surface area (Å²) >= 11 is 0. The molecule has 0 saturated carbocycles. The van der Waals surface area contributed by atoms with Gasteiger partial charge in [0, 0.05) is 36.6 Å². The number of amides is 1. The highest BCUT2D eigenvalue weighted by Gasteiger charge is 2.30. The lowest BCUT2D eigenvalue weighted by atomic mass is 9.86. The lowest BCUT2D eigenvalue weighted by molar-refractivity contribution is -0.000850. The predicted molar refractivity (Wildman–Crippen MR) is 168 cm³/mol. The number of nitrogens with zero attached hydrogens (tertiary/aromatic N) is 4. The van der Waals surface area contributed by atoms with Crippen LogP contribution >= 0.6 is 0 Å². The standard InChI is InChI=1S/C34H39N5O3/c1-23-22-42-20-19-38(23)39(27-11-8-7-9-12-27)31-33(41)37(6)21-30(35-31)28-13-10-14-29(24(28)2)36-32(40)25-15-17-26(18-16-25)34(3,4)5/h7-18,21,23H,19-20,22H2,1-6H3,(H,36,40). The van der Waals surface area contributed by atoms with Gasteiger partial charge in [-0.15, -0.1) is 0 Å². The lowest BCUT2D eigenvalue weighted by Gasteiger charge is -2.41. The van der Waals surface area contributed by atoms with Crippen molar-refractivity contribution in [2.75, 3.05) is 30.1 Å². The fraction of sp³-hybridized carbons (Fsp3) is 0.324. The maximum Gasteiger partial charge on any atom is 0.295 e. The first-order valence-corrected chi connectivity index (χ1v) is 14.3. The second kappa shape index (κ2) is 11.9. The van der Waals surface area contributed by atoms with Gasteiger partial charge in [-0.2, -0.15) is 0 Å². The zero-order valence-electron chi connectivity index (χ0n) is 25.2. The van der Waals surface area contributed by atoms with Crippen LogP contribution in [0.4, 0.5) is 17.2 Å². The Labute approximate surface area is 247 Å². The Bertz CT molecular complexity index is 1620. The molecule has 8 nitrogen and oxygen atoms in total. The first-order chi connectivity index (χ1) is 20.0. The molecule has 8 heteroatoms. The van der Waals surface area contributed by atoms with E-state index >= 15 is 0 Å². The fourth-order valence-electron chi connectivity index (χ4n) is 5.20. The summed E-state index contributed by atoms with van der Waals surface area (Å²) in [5.41, 5.74) is 5.44. The topological polar surface area (TPSA) is 79.7 Å². The molecule has 0 bridgehead atoms. The number of nitrogens with one attached hydrogen (secondary N) is 1. The SMILES string of the molecule is Cc1c(NC(=O)c2ccc(C(C)(C)C)cc2)cccc1-c1cn(C)c(=O)c(N(c2ccccc2)N2CCOCC2C)n1. The van der Waals surface area contributed by atoms with E-state index in [1.807, 2.05) is 84.7 Å². The highest BCUT2D eigenvalue weighted by molar-refractivity contribution is 6.05. The quantitative estimate of drug-likeness (QED) is 0.305. The first kappa shape index (κ1) is 29.2. The molecule has 1 fully saturated rings. The van der Waals surface area contributed by atoms with Gasteiger partial charge in [0.05, 0.1) is 30.6 Å². The maximum atomic E-state index is 13.6. The van der Waals surface area contributed by atoms with E-state index in [0.29, 0.717) is 42.5 Å². The lowest BCUT2D eigenvalue weighted by Crippen LogP contribution is -2.53. The number of morpholine rings is 1. The summed E-state index contributed by atoms with van der Waals surface area (Å²) in [6.45, 7) is 12.2. The number of hydrazine groups is 1. The second-order valence-electron chi connectivity index (χ2n) is 11.9. The molecule has 4 aromatic rings. The predicted octanol–water partition coefficient (Wildman–Crippen LogP) is 6.08. The number of hydrogen-bond donors (Lipinski definition) is 1. The highest BCUT2D eigenvalue weighted by Crippen LogP contribution is 2.31. The number of aromatic nitrogens is 2. The molecule has 5 rings (SSSR count). The van der Waals surface area contributed by atoms with Gasteiger partial charge in [-0.25, -0.2) is 9.99 Å². The van der Waals surface area contributed by atoms with Gasteiger partial charge in [-0.05, 0) is 60.7 Å². The van der Waals surface area contributed by atoms with Crippen LogP contribution in [0.3, 0.4) is 0 Å². The minimum atomic E-state index is -0.206. The molecule has 42 heavy (non-hydrogen) atoms. The summed E-state index contributed by atoms with van der Waals surface area (Å²) in [5, 5.41) is 7.13. The number of aryl methyl sites for hydroxylation is 1. The van der Waals surface area contributed by atoms with Crippen LogP contribution in [0.25, 0.3) is 11.3 Å². The van der Waals surface area contributed by atoms with Crippen molar-refractivity contribution in [2.24, 2.45) is 7.05 Å². The molecule has 3 aromatic carbocycles. The molecule has 1 aromatic heterocycles. The molecule has 1 aliphatic heterocycles. The summed E-state index contributed by atoms with van der Waals surface area (Å²) in [6.07, 6.45) is 1.75. The molecular weight excluding hydrogens is 526 g/mol. The van der Waals surface area contributed by atoms with Gasteiger partial charge >= 0.3 is 0 Å². The van der Waals surface area contributed by atoms with Crippen molar-refractivity contribution in [3.05, 3.63) is 106 Å². The molecule has 1 unspecified atom stereocenters. The van der Waals surface area contributed by atoms with Crippen LogP contribution in [-0.4, -0.2) is 46.3 Å². The van der Waals surface area contributed by atoms with Crippen LogP contribution in [0.15, 0.2) is 83.8 Å². The van der Waals surface area contributed by atoms with E-state index in [1.54, 1.807) is 17.8 Å². The molecule has 1 atom stereocenters. The van der Waals surface area contributed by atoms with E-state index in [1.165, 1.54) is 5.56 Å². The van der Waals surface area contributed by atoms with Gasteiger partial charge in [-0.3, -0.25) is 14.6 Å². The van der Waals surface area contributed by atoms with Crippen LogP contribution in [-0.2, 0) is 17.2 Å². The first-order valence-electron chi connectivity index (χ1n) is 14.3. The number of carbonyl (C=O) groups is 1. The third-order valence-electron chi connectivity index (χ3n) is 7.72. The molecule has 218 valence electrons. The highest BCUT2D eigenvalue weighted by atomic mass is 16.5. The molecule has 1 N–H and O–H groups in total. The van der Waals surface area contributed by atoms with Crippen molar-refractivity contribution in [1.82, 2.24) is 14.6 Å². The van der Waals surface area contributed by atoms with Crippen molar-refractivity contribution in [2.45, 2.75) is 46.1 Å². The number of benzene rings is 3. The van der Waals surface area contributed by atoms with E-state index in [9.17, 15) is 9.59 Å². The fourth-order valence-corrected chi connectivity index (χ4v) is 5.20. The van der Waals surface area contributed by atoms with E-state index in [2.05, 4.69) is 38.0 Å². The third-order valence-corrected chi connectivity index (χ3v) is 7.72. The van der Waals surface area contributed by atoms with Crippen molar-refractivity contribution in [3.8, 4) is 11.3 Å². The molecule has 0 aliphatic carbocycles. The van der Waals surface area contributed by atoms with Crippen LogP contribution in [0, 0.1) is 6.92 Å². The van der Waals surface area contributed by atoms with Gasteiger partial charge in [0.1, 0.15) is 0 Å². The van der Waals surface area contributed by atoms with E-state index in [-0.39, 0.29) is 22.9 Å². The van der Waals surface area contributed by atoms with Gasteiger partial charge < -0.3 is 14.6 Å². The van der Waals surface area contributed by atoms with E-state index < -0.39 is 0 Å². The van der Waals surface area contributed by atoms with E-state index in [4.69, 9.17) is 9.72 Å². The number of rotatable bonds is 6. The van der Waals surface area contributed by atoms with Gasteiger partial charge in [0.25, 0.3) is 11.5 Å². The number of ether oxygens (including phenoxy) is 1. The van der Waals surface area contributed by atoms with Crippen LogP contribution in [0.1, 0.15) is 49.2 Å². The monoisotopic (exact) mass is 565 g/mol. The minimum absolute atomic E-state index is 0.0114. The third kappa shape index (κ3) is 6.00. The molecule has 1 amide bonds. The average Bonchev–Trinajstić information content (AvgIpc) is 2.97. The Balaban J connectivity index is 1.52. The molecule has 2 heterocycles. The minimum Gasteiger partial charge on any atom is -0.378 e. The zero-order chi connectivity index (χ0) is 30.0. The van der Waals surface area contributed by atoms with Gasteiger partial charge in [-0.1, -0.05) is 63.2 Å². The summed E-state index contributed by atoms with van der Waals surface area (Å²) < 4.78 is 7.26. The van der Waals surface area contributed by atoms with Gasteiger partial charge in [0.2, 0.25) is 5.82 Å². The number of hydrogen-bond acceptors (Lipinski definition) is 6. The molecule has 0 radical (unpaired) electrons. The van der Waals surface area contributed by atoms with Crippen molar-refractivity contribution in [1.29, 1.82) is 0 Å². The van der Waals surface area contributed by atoms with Crippen molar-refractivity contribution in [3.63, 3.8) is 0 Å². The Morgan fingerprint density at radius 2 is 1.74 bits per heavy atom. The van der Waals surface area contributed by atoms with Crippen LogP contribution in [0.5, 0.6) is 0 Å². The Hall–Kier alpha value is -4.27. The largest absolute Gasteiger partial charge is 0.378 e. The van der Waals surface area contributed by atoms with Crippen LogP contribution in [0.2, 0.25) is 0 Å². The van der Waals surface area contributed by atoms with Gasteiger partial charge in [0.15, 0.2) is 0 Å². The van der Waals surface area contributed by atoms with E-state index in [0.717, 1.165) is 16.8 Å². The van der Waals surface area contributed by atoms with Crippen LogP contribution < -0.4 is 15.9 Å². The Morgan fingerprint density at radius 3 is 2.40 bits per heavy atom. The molecular formula is C34H39N5O3. The number of anilines is 3. The molecule has 1 saturated heterocycles. The number of carbonyl (C=O) groups excluding carboxylic acids is 1. The Morgan fingerprint density at radius 1 is 1.02 bits per heavy atom. The molecule has 1 aliphatic rings. The number of para-hydroxylation sites is 1. The molecule has 0 spiro atoms. The normalized spacial score (nSPS) is 15.8. The van der Waals surface area contributed by atoms with Crippen molar-refractivity contribution >= 4 is 23.1 Å². The maximum absolute atomic E-state index is 13.6. The summed E-state index contributed by atoms with van der Waals surface area (Å²) in [5.74, 6) is 0.129. The zero-order valence-corrected chi connectivity index (χ0v) is 25.2.